The van der Waals surface area contributed by atoms with Gasteiger partial charge in [-0.3, -0.25) is 30.0 Å². The summed E-state index contributed by atoms with van der Waals surface area (Å²) in [6.07, 6.45) is 8.44. The van der Waals surface area contributed by atoms with E-state index in [1.165, 1.54) is 0 Å². The summed E-state index contributed by atoms with van der Waals surface area (Å²) in [7, 11) is 0. The lowest BCUT2D eigenvalue weighted by atomic mass is 9.94. The van der Waals surface area contributed by atoms with Gasteiger partial charge >= 0.3 is 0 Å². The smallest absolute Gasteiger partial charge is 0.228 e. The first-order valence-corrected chi connectivity index (χ1v) is 11.5. The summed E-state index contributed by atoms with van der Waals surface area (Å²) in [5.74, 6) is 0.811. The van der Waals surface area contributed by atoms with E-state index in [2.05, 4.69) is 54.7 Å². The minimum atomic E-state index is -0.257. The fraction of sp³-hybridized carbons (Fsp3) is 0.565. The first-order valence-electron chi connectivity index (χ1n) is 11.5. The molecule has 1 saturated heterocycles. The molecule has 0 radical (unpaired) electrons. The van der Waals surface area contributed by atoms with Gasteiger partial charge in [0.05, 0.1) is 17.1 Å². The number of hydrogen-bond donors (Lipinski definition) is 2. The first-order chi connectivity index (χ1) is 15.6. The molecule has 3 unspecified atom stereocenters. The lowest BCUT2D eigenvalue weighted by Gasteiger charge is -2.38. The van der Waals surface area contributed by atoms with Crippen LogP contribution in [0.15, 0.2) is 34.1 Å². The summed E-state index contributed by atoms with van der Waals surface area (Å²) in [4.78, 5) is 26.4. The van der Waals surface area contributed by atoms with Gasteiger partial charge in [-0.25, -0.2) is 0 Å². The van der Waals surface area contributed by atoms with E-state index < -0.39 is 0 Å². The Labute approximate surface area is 188 Å². The van der Waals surface area contributed by atoms with Crippen LogP contribution in [0.3, 0.4) is 0 Å². The van der Waals surface area contributed by atoms with Crippen molar-refractivity contribution in [1.82, 2.24) is 20.2 Å². The topological polar surface area (TPSA) is 94.5 Å². The second kappa shape index (κ2) is 8.99. The molecule has 170 valence electrons. The van der Waals surface area contributed by atoms with E-state index in [1.807, 2.05) is 19.3 Å². The zero-order valence-electron chi connectivity index (χ0n) is 18.8. The van der Waals surface area contributed by atoms with Crippen molar-refractivity contribution in [3.8, 4) is 0 Å². The van der Waals surface area contributed by atoms with E-state index in [0.717, 1.165) is 74.6 Å². The molecule has 1 aromatic heterocycles. The standard InChI is InChI=1S/C23H31N7O2/c1-3-17-11-20-21(26-22(17)31)10-16(12-24-20)14-29-6-8-30(9-7-29)18-4-5-19(25-13-18)23-28-27-15(2)32-23/h5,10,12-13,17-18,23,28H,3-4,6-9,11,14H2,1-2H3,(H,26,31). The molecule has 1 fully saturated rings. The van der Waals surface area contributed by atoms with Gasteiger partial charge in [0.15, 0.2) is 0 Å². The van der Waals surface area contributed by atoms with Crippen molar-refractivity contribution in [3.63, 3.8) is 0 Å². The largest absolute Gasteiger partial charge is 0.449 e. The molecule has 9 nitrogen and oxygen atoms in total. The number of aliphatic imine (C=N–C) groups is 1. The van der Waals surface area contributed by atoms with E-state index >= 15 is 0 Å². The third kappa shape index (κ3) is 4.40. The molecule has 5 heterocycles. The summed E-state index contributed by atoms with van der Waals surface area (Å²) in [6, 6.07) is 2.43. The van der Waals surface area contributed by atoms with Crippen LogP contribution in [0.2, 0.25) is 0 Å². The Morgan fingerprint density at radius 3 is 2.78 bits per heavy atom. The van der Waals surface area contributed by atoms with Crippen LogP contribution in [0, 0.1) is 5.92 Å². The molecule has 0 bridgehead atoms. The Kier molecular flexibility index (Phi) is 5.93. The van der Waals surface area contributed by atoms with Gasteiger partial charge in [-0.05, 0) is 24.5 Å². The van der Waals surface area contributed by atoms with Crippen molar-refractivity contribution in [2.75, 3.05) is 31.5 Å². The third-order valence-corrected chi connectivity index (χ3v) is 6.73. The average Bonchev–Trinajstić information content (AvgIpc) is 3.25. The number of fused-ring (bicyclic) bond motifs is 1. The Balaban J connectivity index is 1.11. The minimum absolute atomic E-state index is 0.0441. The summed E-state index contributed by atoms with van der Waals surface area (Å²) in [5.41, 5.74) is 6.91. The minimum Gasteiger partial charge on any atom is -0.449 e. The second-order valence-corrected chi connectivity index (χ2v) is 8.92. The van der Waals surface area contributed by atoms with Gasteiger partial charge in [-0.1, -0.05) is 13.0 Å². The van der Waals surface area contributed by atoms with Gasteiger partial charge < -0.3 is 10.1 Å². The number of hydrazone groups is 1. The van der Waals surface area contributed by atoms with Crippen LogP contribution >= 0.6 is 0 Å². The number of aromatic nitrogens is 1. The molecular formula is C23H31N7O2. The number of anilines is 1. The summed E-state index contributed by atoms with van der Waals surface area (Å²) in [6.45, 7) is 8.76. The molecule has 0 spiro atoms. The quantitative estimate of drug-likeness (QED) is 0.729. The number of amides is 1. The number of rotatable bonds is 5. The molecule has 9 heteroatoms. The van der Waals surface area contributed by atoms with Crippen molar-refractivity contribution in [3.05, 3.63) is 35.3 Å². The summed E-state index contributed by atoms with van der Waals surface area (Å²) < 4.78 is 5.61. The molecular weight excluding hydrogens is 406 g/mol. The number of piperazine rings is 1. The fourth-order valence-electron chi connectivity index (χ4n) is 4.74. The Morgan fingerprint density at radius 1 is 1.25 bits per heavy atom. The number of carbonyl (C=O) groups excluding carboxylic acids is 1. The third-order valence-electron chi connectivity index (χ3n) is 6.73. The highest BCUT2D eigenvalue weighted by molar-refractivity contribution is 5.95. The number of carbonyl (C=O) groups is 1. The van der Waals surface area contributed by atoms with Crippen LogP contribution in [0.5, 0.6) is 0 Å². The van der Waals surface area contributed by atoms with Crippen LogP contribution in [-0.4, -0.2) is 71.3 Å². The summed E-state index contributed by atoms with van der Waals surface area (Å²) in [5, 5.41) is 7.11. The normalized spacial score (nSPS) is 28.3. The molecule has 1 amide bonds. The van der Waals surface area contributed by atoms with Crippen LogP contribution in [-0.2, 0) is 22.5 Å². The van der Waals surface area contributed by atoms with Gasteiger partial charge in [0.1, 0.15) is 0 Å². The van der Waals surface area contributed by atoms with Crippen molar-refractivity contribution >= 4 is 23.7 Å². The molecule has 5 rings (SSSR count). The average molecular weight is 438 g/mol. The molecule has 4 aliphatic rings. The van der Waals surface area contributed by atoms with Crippen molar-refractivity contribution < 1.29 is 9.53 Å². The van der Waals surface area contributed by atoms with Crippen LogP contribution in [0.1, 0.15) is 37.9 Å². The predicted molar refractivity (Wildman–Crippen MR) is 123 cm³/mol. The number of nitrogens with one attached hydrogen (secondary N) is 2. The fourth-order valence-corrected chi connectivity index (χ4v) is 4.74. The highest BCUT2D eigenvalue weighted by atomic mass is 16.5. The van der Waals surface area contributed by atoms with Crippen molar-refractivity contribution in [2.24, 2.45) is 16.0 Å². The maximum atomic E-state index is 12.2. The zero-order valence-corrected chi connectivity index (χ0v) is 18.8. The molecule has 32 heavy (non-hydrogen) atoms. The Morgan fingerprint density at radius 2 is 2.09 bits per heavy atom. The zero-order chi connectivity index (χ0) is 22.1. The molecule has 3 atom stereocenters. The van der Waals surface area contributed by atoms with E-state index in [9.17, 15) is 4.79 Å². The SMILES string of the molecule is CCC1Cc2ncc(CN3CCN(C4C=NC(C5NN=C(C)O5)=CC4)CC3)cc2NC1=O. The van der Waals surface area contributed by atoms with Crippen LogP contribution < -0.4 is 10.7 Å². The van der Waals surface area contributed by atoms with E-state index in [1.54, 1.807) is 0 Å². The molecule has 4 aliphatic heterocycles. The highest BCUT2D eigenvalue weighted by Gasteiger charge is 2.28. The van der Waals surface area contributed by atoms with Gasteiger partial charge in [-0.15, -0.1) is 5.10 Å². The number of ether oxygens (including phenoxy) is 1. The predicted octanol–water partition coefficient (Wildman–Crippen LogP) is 1.73. The number of hydrogen-bond acceptors (Lipinski definition) is 8. The van der Waals surface area contributed by atoms with E-state index in [-0.39, 0.29) is 18.1 Å². The number of pyridine rings is 1. The van der Waals surface area contributed by atoms with Gasteiger partial charge in [0.2, 0.25) is 18.0 Å². The van der Waals surface area contributed by atoms with E-state index in [0.29, 0.717) is 11.9 Å². The maximum Gasteiger partial charge on any atom is 0.228 e. The Hall–Kier alpha value is -2.78. The monoisotopic (exact) mass is 437 g/mol. The van der Waals surface area contributed by atoms with E-state index in [4.69, 9.17) is 4.74 Å². The second-order valence-electron chi connectivity index (χ2n) is 8.92. The first kappa shape index (κ1) is 21.1. The molecule has 0 aliphatic carbocycles. The summed E-state index contributed by atoms with van der Waals surface area (Å²) >= 11 is 0. The molecule has 1 aromatic rings. The maximum absolute atomic E-state index is 12.2. The van der Waals surface area contributed by atoms with Crippen molar-refractivity contribution in [1.29, 1.82) is 0 Å². The molecule has 0 aromatic carbocycles. The van der Waals surface area contributed by atoms with Crippen LogP contribution in [0.25, 0.3) is 0 Å². The highest BCUT2D eigenvalue weighted by Crippen LogP contribution is 2.27. The Bertz CT molecular complexity index is 965. The lowest BCUT2D eigenvalue weighted by Crippen LogP contribution is -2.50. The van der Waals surface area contributed by atoms with Crippen LogP contribution in [0.4, 0.5) is 5.69 Å². The van der Waals surface area contributed by atoms with Crippen molar-refractivity contribution in [2.45, 2.75) is 51.9 Å². The van der Waals surface area contributed by atoms with Gasteiger partial charge in [-0.2, -0.15) is 0 Å². The molecule has 2 N–H and O–H groups in total. The van der Waals surface area contributed by atoms with Gasteiger partial charge in [0, 0.05) is 70.4 Å². The molecule has 0 saturated carbocycles. The lowest BCUT2D eigenvalue weighted by molar-refractivity contribution is -0.120. The van der Waals surface area contributed by atoms with Gasteiger partial charge in [0.25, 0.3) is 0 Å². The number of nitrogens with zero attached hydrogens (tertiary/aromatic N) is 5.